The minimum absolute atomic E-state index is 0.0126. The molecule has 6 nitrogen and oxygen atoms in total. The number of piperidine rings is 1. The van der Waals surface area contributed by atoms with Crippen molar-refractivity contribution in [3.63, 3.8) is 0 Å². The lowest BCUT2D eigenvalue weighted by atomic mass is 9.88. The van der Waals surface area contributed by atoms with Crippen LogP contribution in [-0.2, 0) is 6.54 Å². The standard InChI is InChI=1S/C24H38N4O2/c25-13-15-27-22-10-6-7-11-23(22)28(24(27)30)21-12-14-26(17-20(21)18-29)16-19-8-4-2-1-3-5-9-19/h6-7,10-11,19-21,29H,1-5,8-9,12-18,25H2/t20-,21-/m1/s1. The van der Waals surface area contributed by atoms with Gasteiger partial charge in [0.1, 0.15) is 0 Å². The molecule has 2 aliphatic rings. The fourth-order valence-electron chi connectivity index (χ4n) is 5.77. The molecule has 0 amide bonds. The molecular formula is C24H38N4O2. The number of hydrogen-bond donors (Lipinski definition) is 2. The van der Waals surface area contributed by atoms with E-state index in [1.165, 1.54) is 44.9 Å². The smallest absolute Gasteiger partial charge is 0.329 e. The fraction of sp³-hybridized carbons (Fsp3) is 0.708. The Hall–Kier alpha value is -1.63. The van der Waals surface area contributed by atoms with Crippen LogP contribution in [0, 0.1) is 11.8 Å². The first-order chi connectivity index (χ1) is 14.7. The van der Waals surface area contributed by atoms with E-state index >= 15 is 0 Å². The number of nitrogens with zero attached hydrogens (tertiary/aromatic N) is 3. The molecule has 4 rings (SSSR count). The van der Waals surface area contributed by atoms with Crippen LogP contribution in [0.2, 0.25) is 0 Å². The van der Waals surface area contributed by atoms with Gasteiger partial charge in [-0.25, -0.2) is 4.79 Å². The average molecular weight is 415 g/mol. The summed E-state index contributed by atoms with van der Waals surface area (Å²) in [6.07, 6.45) is 10.5. The number of hydrogen-bond acceptors (Lipinski definition) is 4. The van der Waals surface area contributed by atoms with Crippen LogP contribution < -0.4 is 11.4 Å². The lowest BCUT2D eigenvalue weighted by Gasteiger charge is -2.40. The minimum atomic E-state index is 0.0126. The summed E-state index contributed by atoms with van der Waals surface area (Å²) in [6, 6.07) is 8.03. The average Bonchev–Trinajstić information content (AvgIpc) is 3.02. The summed E-state index contributed by atoms with van der Waals surface area (Å²) in [5.41, 5.74) is 7.70. The van der Waals surface area contributed by atoms with Crippen LogP contribution in [0.25, 0.3) is 11.0 Å². The molecule has 0 spiro atoms. The topological polar surface area (TPSA) is 76.4 Å². The molecule has 2 fully saturated rings. The normalized spacial score (nSPS) is 24.7. The summed E-state index contributed by atoms with van der Waals surface area (Å²) in [5, 5.41) is 10.2. The lowest BCUT2D eigenvalue weighted by Crippen LogP contribution is -2.46. The molecule has 1 aromatic carbocycles. The van der Waals surface area contributed by atoms with Crippen molar-refractivity contribution in [2.45, 2.75) is 64.0 Å². The van der Waals surface area contributed by atoms with E-state index in [9.17, 15) is 9.90 Å². The maximum Gasteiger partial charge on any atom is 0.329 e. The summed E-state index contributed by atoms with van der Waals surface area (Å²) in [6.45, 7) is 4.11. The van der Waals surface area contributed by atoms with Crippen LogP contribution in [0.1, 0.15) is 57.4 Å². The van der Waals surface area contributed by atoms with E-state index in [1.54, 1.807) is 4.57 Å². The van der Waals surface area contributed by atoms with Gasteiger partial charge in [-0.3, -0.25) is 9.13 Å². The Balaban J connectivity index is 1.53. The predicted octanol–water partition coefficient (Wildman–Crippen LogP) is 2.98. The molecule has 0 bridgehead atoms. The second kappa shape index (κ2) is 10.1. The number of benzene rings is 1. The van der Waals surface area contributed by atoms with Crippen LogP contribution in [-0.4, -0.2) is 51.9 Å². The Bertz CT molecular complexity index is 866. The zero-order chi connectivity index (χ0) is 20.9. The zero-order valence-corrected chi connectivity index (χ0v) is 18.2. The van der Waals surface area contributed by atoms with Gasteiger partial charge in [0.25, 0.3) is 0 Å². The molecule has 30 heavy (non-hydrogen) atoms. The monoisotopic (exact) mass is 414 g/mol. The maximum atomic E-state index is 13.3. The molecular weight excluding hydrogens is 376 g/mol. The Morgan fingerprint density at radius 1 is 1.00 bits per heavy atom. The van der Waals surface area contributed by atoms with Crippen molar-refractivity contribution in [2.24, 2.45) is 17.6 Å². The van der Waals surface area contributed by atoms with Crippen LogP contribution in [0.5, 0.6) is 0 Å². The quantitative estimate of drug-likeness (QED) is 0.762. The van der Waals surface area contributed by atoms with Gasteiger partial charge in [-0.15, -0.1) is 0 Å². The molecule has 1 aromatic heterocycles. The van der Waals surface area contributed by atoms with Gasteiger partial charge in [0, 0.05) is 51.3 Å². The third-order valence-corrected chi connectivity index (χ3v) is 7.31. The lowest BCUT2D eigenvalue weighted by molar-refractivity contribution is 0.0647. The largest absolute Gasteiger partial charge is 0.396 e. The molecule has 0 unspecified atom stereocenters. The molecule has 3 N–H and O–H groups in total. The molecule has 1 aliphatic heterocycles. The number of imidazole rings is 1. The zero-order valence-electron chi connectivity index (χ0n) is 18.2. The highest BCUT2D eigenvalue weighted by Crippen LogP contribution is 2.32. The summed E-state index contributed by atoms with van der Waals surface area (Å²) >= 11 is 0. The van der Waals surface area contributed by atoms with Gasteiger partial charge in [-0.05, 0) is 37.3 Å². The number of aliphatic hydroxyl groups excluding tert-OH is 1. The van der Waals surface area contributed by atoms with Crippen molar-refractivity contribution < 1.29 is 5.11 Å². The van der Waals surface area contributed by atoms with E-state index < -0.39 is 0 Å². The van der Waals surface area contributed by atoms with Gasteiger partial charge < -0.3 is 15.7 Å². The van der Waals surface area contributed by atoms with E-state index in [0.717, 1.165) is 43.0 Å². The highest BCUT2D eigenvalue weighted by atomic mass is 16.3. The van der Waals surface area contributed by atoms with Crippen molar-refractivity contribution in [3.8, 4) is 0 Å². The molecule has 1 saturated carbocycles. The number of fused-ring (bicyclic) bond motifs is 1. The van der Waals surface area contributed by atoms with E-state index in [0.29, 0.717) is 13.1 Å². The van der Waals surface area contributed by atoms with Gasteiger partial charge in [0.15, 0.2) is 0 Å². The Morgan fingerprint density at radius 3 is 2.40 bits per heavy atom. The van der Waals surface area contributed by atoms with E-state index in [1.807, 2.05) is 28.8 Å². The van der Waals surface area contributed by atoms with Crippen LogP contribution in [0.15, 0.2) is 29.1 Å². The van der Waals surface area contributed by atoms with Gasteiger partial charge in [0.05, 0.1) is 11.0 Å². The first kappa shape index (κ1) is 21.6. The van der Waals surface area contributed by atoms with Crippen LogP contribution in [0.4, 0.5) is 0 Å². The summed E-state index contributed by atoms with van der Waals surface area (Å²) in [7, 11) is 0. The summed E-state index contributed by atoms with van der Waals surface area (Å²) < 4.78 is 3.74. The summed E-state index contributed by atoms with van der Waals surface area (Å²) in [4.78, 5) is 15.8. The molecule has 6 heteroatoms. The van der Waals surface area contributed by atoms with Gasteiger partial charge >= 0.3 is 5.69 Å². The van der Waals surface area contributed by atoms with Crippen molar-refractivity contribution in [3.05, 3.63) is 34.7 Å². The van der Waals surface area contributed by atoms with Gasteiger partial charge in [-0.2, -0.15) is 0 Å². The fourth-order valence-corrected chi connectivity index (χ4v) is 5.77. The van der Waals surface area contributed by atoms with E-state index in [2.05, 4.69) is 4.90 Å². The van der Waals surface area contributed by atoms with Crippen molar-refractivity contribution in [1.29, 1.82) is 0 Å². The second-order valence-corrected chi connectivity index (χ2v) is 9.35. The number of nitrogens with two attached hydrogens (primary N) is 1. The first-order valence-electron chi connectivity index (χ1n) is 12.0. The van der Waals surface area contributed by atoms with Gasteiger partial charge in [0.2, 0.25) is 0 Å². The van der Waals surface area contributed by atoms with Crippen molar-refractivity contribution in [1.82, 2.24) is 14.0 Å². The number of aromatic nitrogens is 2. The molecule has 2 heterocycles. The number of para-hydroxylation sites is 2. The van der Waals surface area contributed by atoms with Crippen molar-refractivity contribution >= 4 is 11.0 Å². The molecule has 1 saturated heterocycles. The molecule has 0 radical (unpaired) electrons. The van der Waals surface area contributed by atoms with Crippen LogP contribution >= 0.6 is 0 Å². The third kappa shape index (κ3) is 4.51. The highest BCUT2D eigenvalue weighted by molar-refractivity contribution is 5.76. The molecule has 2 aromatic rings. The Morgan fingerprint density at radius 2 is 1.70 bits per heavy atom. The van der Waals surface area contributed by atoms with E-state index in [4.69, 9.17) is 5.73 Å². The number of aliphatic hydroxyl groups is 1. The Labute approximate surface area is 179 Å². The molecule has 1 aliphatic carbocycles. The third-order valence-electron chi connectivity index (χ3n) is 7.31. The maximum absolute atomic E-state index is 13.3. The van der Waals surface area contributed by atoms with Crippen LogP contribution in [0.3, 0.4) is 0 Å². The second-order valence-electron chi connectivity index (χ2n) is 9.35. The van der Waals surface area contributed by atoms with Gasteiger partial charge in [-0.1, -0.05) is 44.2 Å². The van der Waals surface area contributed by atoms with E-state index in [-0.39, 0.29) is 24.3 Å². The molecule has 166 valence electrons. The van der Waals surface area contributed by atoms with Crippen molar-refractivity contribution in [2.75, 3.05) is 32.8 Å². The summed E-state index contributed by atoms with van der Waals surface area (Å²) in [5.74, 6) is 0.873. The predicted molar refractivity (Wildman–Crippen MR) is 122 cm³/mol. The highest BCUT2D eigenvalue weighted by Gasteiger charge is 2.33. The minimum Gasteiger partial charge on any atom is -0.396 e. The Kier molecular flexibility index (Phi) is 7.28. The molecule has 2 atom stereocenters. The number of likely N-dealkylation sites (tertiary alicyclic amines) is 1. The first-order valence-corrected chi connectivity index (χ1v) is 12.0. The number of rotatable bonds is 6. The SMILES string of the molecule is NCCn1c(=O)n([C@@H]2CCN(CC3CCCCCCC3)C[C@@H]2CO)c2ccccc21.